The number of aliphatic hydroxyl groups excluding tert-OH is 1. The summed E-state index contributed by atoms with van der Waals surface area (Å²) in [7, 11) is 0. The van der Waals surface area contributed by atoms with Crippen LogP contribution in [-0.4, -0.2) is 30.7 Å². The molecule has 1 aromatic carbocycles. The smallest absolute Gasteiger partial charge is 0.406 e. The molecule has 0 radical (unpaired) electrons. The van der Waals surface area contributed by atoms with E-state index < -0.39 is 6.36 Å². The van der Waals surface area contributed by atoms with Crippen molar-refractivity contribution in [1.82, 2.24) is 5.32 Å². The summed E-state index contributed by atoms with van der Waals surface area (Å²) in [5.74, 6) is -0.254. The van der Waals surface area contributed by atoms with Gasteiger partial charge in [-0.15, -0.1) is 13.2 Å². The number of hydrogen-bond acceptors (Lipinski definition) is 4. The summed E-state index contributed by atoms with van der Waals surface area (Å²) in [5.41, 5.74) is 6.49. The third kappa shape index (κ3) is 6.79. The molecule has 0 amide bonds. The summed E-state index contributed by atoms with van der Waals surface area (Å²) in [6.45, 7) is 2.42. The van der Waals surface area contributed by atoms with Crippen molar-refractivity contribution in [3.63, 3.8) is 0 Å². The quantitative estimate of drug-likeness (QED) is 0.689. The van der Waals surface area contributed by atoms with Crippen LogP contribution in [0.15, 0.2) is 24.3 Å². The lowest BCUT2D eigenvalue weighted by Crippen LogP contribution is -2.35. The normalized spacial score (nSPS) is 14.8. The Morgan fingerprint density at radius 1 is 1.29 bits per heavy atom. The monoisotopic (exact) mass is 306 g/mol. The first-order valence-corrected chi connectivity index (χ1v) is 6.78. The lowest BCUT2D eigenvalue weighted by atomic mass is 10.0. The van der Waals surface area contributed by atoms with Crippen molar-refractivity contribution < 1.29 is 23.0 Å². The van der Waals surface area contributed by atoms with Crippen LogP contribution in [0.2, 0.25) is 0 Å². The van der Waals surface area contributed by atoms with Crippen LogP contribution >= 0.6 is 0 Å². The van der Waals surface area contributed by atoms with E-state index >= 15 is 0 Å². The van der Waals surface area contributed by atoms with Crippen LogP contribution in [0, 0.1) is 0 Å². The Morgan fingerprint density at radius 2 is 1.90 bits per heavy atom. The molecule has 4 nitrogen and oxygen atoms in total. The maximum Gasteiger partial charge on any atom is 0.573 e. The van der Waals surface area contributed by atoms with E-state index in [9.17, 15) is 13.2 Å². The molecule has 1 rings (SSSR count). The van der Waals surface area contributed by atoms with Crippen molar-refractivity contribution >= 4 is 0 Å². The summed E-state index contributed by atoms with van der Waals surface area (Å²) < 4.78 is 40.1. The number of alkyl halides is 3. The van der Waals surface area contributed by atoms with Crippen LogP contribution < -0.4 is 15.8 Å². The topological polar surface area (TPSA) is 67.5 Å². The van der Waals surface area contributed by atoms with Crippen LogP contribution in [0.1, 0.15) is 31.4 Å². The van der Waals surface area contributed by atoms with Crippen LogP contribution in [-0.2, 0) is 0 Å². The zero-order valence-electron chi connectivity index (χ0n) is 11.9. The van der Waals surface area contributed by atoms with E-state index in [0.717, 1.165) is 12.0 Å². The average Bonchev–Trinajstić information content (AvgIpc) is 2.42. The number of hydrogen-bond donors (Lipinski definition) is 3. The fourth-order valence-electron chi connectivity index (χ4n) is 2.03. The van der Waals surface area contributed by atoms with Gasteiger partial charge in [0, 0.05) is 25.2 Å². The Balaban J connectivity index is 2.64. The van der Waals surface area contributed by atoms with Crippen LogP contribution in [0.4, 0.5) is 13.2 Å². The second-order valence-electron chi connectivity index (χ2n) is 4.84. The van der Waals surface area contributed by atoms with E-state index in [0.29, 0.717) is 13.0 Å². The molecular formula is C14H21F3N2O2. The maximum atomic E-state index is 12.1. The van der Waals surface area contributed by atoms with Gasteiger partial charge < -0.3 is 20.9 Å². The Hall–Kier alpha value is -1.31. The second-order valence-corrected chi connectivity index (χ2v) is 4.84. The predicted octanol–water partition coefficient (Wildman–Crippen LogP) is 2.34. The van der Waals surface area contributed by atoms with E-state index in [1.807, 2.05) is 6.92 Å². The van der Waals surface area contributed by atoms with Crippen molar-refractivity contribution in [3.05, 3.63) is 29.8 Å². The summed E-state index contributed by atoms with van der Waals surface area (Å²) in [4.78, 5) is 0. The first kappa shape index (κ1) is 17.7. The molecule has 120 valence electrons. The number of nitrogens with two attached hydrogens (primary N) is 1. The Morgan fingerprint density at radius 3 is 2.38 bits per heavy atom. The molecular weight excluding hydrogens is 285 g/mol. The minimum atomic E-state index is -4.69. The Bertz CT molecular complexity index is 410. The largest absolute Gasteiger partial charge is 0.573 e. The number of benzene rings is 1. The molecule has 4 N–H and O–H groups in total. The van der Waals surface area contributed by atoms with Gasteiger partial charge in [0.1, 0.15) is 5.75 Å². The van der Waals surface area contributed by atoms with Crippen molar-refractivity contribution in [3.8, 4) is 5.75 Å². The molecule has 0 aliphatic rings. The van der Waals surface area contributed by atoms with Gasteiger partial charge >= 0.3 is 6.36 Å². The standard InChI is InChI=1S/C14H21F3N2O2/c1-10(3-2-8-20)19-13(9-18)11-4-6-12(7-5-11)21-14(15,16)17/h4-7,10,13,19-20H,2-3,8-9,18H2,1H3. The minimum Gasteiger partial charge on any atom is -0.406 e. The molecule has 21 heavy (non-hydrogen) atoms. The van der Waals surface area contributed by atoms with Crippen LogP contribution in [0.3, 0.4) is 0 Å². The number of rotatable bonds is 8. The van der Waals surface area contributed by atoms with Crippen molar-refractivity contribution in [1.29, 1.82) is 0 Å². The summed E-state index contributed by atoms with van der Waals surface area (Å²) in [6.07, 6.45) is -3.21. The average molecular weight is 306 g/mol. The van der Waals surface area contributed by atoms with E-state index in [1.165, 1.54) is 12.1 Å². The molecule has 0 saturated heterocycles. The minimum absolute atomic E-state index is 0.128. The van der Waals surface area contributed by atoms with Gasteiger partial charge in [0.2, 0.25) is 0 Å². The fourth-order valence-corrected chi connectivity index (χ4v) is 2.03. The highest BCUT2D eigenvalue weighted by Crippen LogP contribution is 2.24. The highest BCUT2D eigenvalue weighted by atomic mass is 19.4. The van der Waals surface area contributed by atoms with Crippen molar-refractivity contribution in [2.45, 2.75) is 38.2 Å². The van der Waals surface area contributed by atoms with Gasteiger partial charge in [0.05, 0.1) is 0 Å². The van der Waals surface area contributed by atoms with Crippen LogP contribution in [0.25, 0.3) is 0 Å². The molecule has 0 aliphatic heterocycles. The van der Waals surface area contributed by atoms with Gasteiger partial charge in [0.15, 0.2) is 0 Å². The molecule has 2 atom stereocenters. The fraction of sp³-hybridized carbons (Fsp3) is 0.571. The van der Waals surface area contributed by atoms with E-state index in [2.05, 4.69) is 10.1 Å². The number of aliphatic hydroxyl groups is 1. The SMILES string of the molecule is CC(CCCO)NC(CN)c1ccc(OC(F)(F)F)cc1. The van der Waals surface area contributed by atoms with Gasteiger partial charge in [-0.3, -0.25) is 0 Å². The molecule has 0 heterocycles. The molecule has 0 fully saturated rings. The van der Waals surface area contributed by atoms with Gasteiger partial charge in [-0.1, -0.05) is 12.1 Å². The summed E-state index contributed by atoms with van der Waals surface area (Å²) >= 11 is 0. The van der Waals surface area contributed by atoms with E-state index in [4.69, 9.17) is 10.8 Å². The molecule has 0 spiro atoms. The highest BCUT2D eigenvalue weighted by Gasteiger charge is 2.31. The molecule has 2 unspecified atom stereocenters. The van der Waals surface area contributed by atoms with Gasteiger partial charge in [-0.2, -0.15) is 0 Å². The molecule has 0 aromatic heterocycles. The maximum absolute atomic E-state index is 12.1. The van der Waals surface area contributed by atoms with Crippen LogP contribution in [0.5, 0.6) is 5.75 Å². The summed E-state index contributed by atoms with van der Waals surface area (Å²) in [6, 6.07) is 5.65. The molecule has 0 bridgehead atoms. The zero-order chi connectivity index (χ0) is 15.9. The van der Waals surface area contributed by atoms with E-state index in [-0.39, 0.29) is 24.4 Å². The van der Waals surface area contributed by atoms with Gasteiger partial charge in [-0.25, -0.2) is 0 Å². The van der Waals surface area contributed by atoms with Gasteiger partial charge in [-0.05, 0) is 37.5 Å². The Kier molecular flexibility index (Phi) is 6.94. The first-order valence-electron chi connectivity index (χ1n) is 6.78. The molecule has 0 saturated carbocycles. The lowest BCUT2D eigenvalue weighted by molar-refractivity contribution is -0.274. The van der Waals surface area contributed by atoms with Gasteiger partial charge in [0.25, 0.3) is 0 Å². The molecule has 0 aliphatic carbocycles. The molecule has 1 aromatic rings. The third-order valence-corrected chi connectivity index (χ3v) is 3.03. The Labute approximate surface area is 122 Å². The van der Waals surface area contributed by atoms with E-state index in [1.54, 1.807) is 12.1 Å². The first-order chi connectivity index (χ1) is 9.85. The number of nitrogens with one attached hydrogen (secondary N) is 1. The number of ether oxygens (including phenoxy) is 1. The zero-order valence-corrected chi connectivity index (χ0v) is 11.9. The highest BCUT2D eigenvalue weighted by molar-refractivity contribution is 5.29. The third-order valence-electron chi connectivity index (χ3n) is 3.03. The predicted molar refractivity (Wildman–Crippen MR) is 73.8 cm³/mol. The van der Waals surface area contributed by atoms with Crippen molar-refractivity contribution in [2.24, 2.45) is 5.73 Å². The summed E-state index contributed by atoms with van der Waals surface area (Å²) in [5, 5.41) is 12.1. The second kappa shape index (κ2) is 8.21. The van der Waals surface area contributed by atoms with Crippen molar-refractivity contribution in [2.75, 3.05) is 13.2 Å². The molecule has 7 heteroatoms. The lowest BCUT2D eigenvalue weighted by Gasteiger charge is -2.22. The number of halogens is 3.